The highest BCUT2D eigenvalue weighted by molar-refractivity contribution is 7.85. The van der Waals surface area contributed by atoms with Crippen molar-refractivity contribution in [3.63, 3.8) is 0 Å². The molecule has 0 saturated heterocycles. The number of halogens is 1. The minimum Gasteiger partial charge on any atom is -0.354 e. The molecule has 4 N–H and O–H groups in total. The lowest BCUT2D eigenvalue weighted by atomic mass is 9.85. The SMILES string of the molecule is CC(=O)NC(CCS(=O)(=O)O)CC(C)(C)CN.Cl. The van der Waals surface area contributed by atoms with Crippen LogP contribution < -0.4 is 11.1 Å². The summed E-state index contributed by atoms with van der Waals surface area (Å²) in [5.41, 5.74) is 5.40. The number of rotatable bonds is 7. The smallest absolute Gasteiger partial charge is 0.264 e. The van der Waals surface area contributed by atoms with Crippen LogP contribution in [0.2, 0.25) is 0 Å². The number of carbonyl (C=O) groups excluding carboxylic acids is 1. The Balaban J connectivity index is 0. The van der Waals surface area contributed by atoms with Crippen LogP contribution in [0.1, 0.15) is 33.6 Å². The molecule has 0 aromatic carbocycles. The Morgan fingerprint density at radius 3 is 2.28 bits per heavy atom. The van der Waals surface area contributed by atoms with E-state index in [-0.39, 0.29) is 41.9 Å². The van der Waals surface area contributed by atoms with Gasteiger partial charge in [-0.2, -0.15) is 8.42 Å². The minimum absolute atomic E-state index is 0. The summed E-state index contributed by atoms with van der Waals surface area (Å²) < 4.78 is 30.0. The predicted molar refractivity (Wildman–Crippen MR) is 73.3 cm³/mol. The zero-order chi connectivity index (χ0) is 13.7. The van der Waals surface area contributed by atoms with Gasteiger partial charge in [-0.1, -0.05) is 13.8 Å². The number of carbonyl (C=O) groups is 1. The minimum atomic E-state index is -4.00. The maximum absolute atomic E-state index is 11.0. The first kappa shape index (κ1) is 20.0. The van der Waals surface area contributed by atoms with Gasteiger partial charge in [-0.25, -0.2) is 0 Å². The molecule has 0 rings (SSSR count). The van der Waals surface area contributed by atoms with Crippen molar-refractivity contribution >= 4 is 28.4 Å². The lowest BCUT2D eigenvalue weighted by Crippen LogP contribution is -2.40. The molecule has 0 fully saturated rings. The molecule has 0 aromatic rings. The van der Waals surface area contributed by atoms with Gasteiger partial charge < -0.3 is 11.1 Å². The molecule has 0 spiro atoms. The Morgan fingerprint density at radius 1 is 1.44 bits per heavy atom. The largest absolute Gasteiger partial charge is 0.354 e. The Bertz CT molecular complexity index is 357. The van der Waals surface area contributed by atoms with Crippen molar-refractivity contribution in [3.05, 3.63) is 0 Å². The van der Waals surface area contributed by atoms with Crippen molar-refractivity contribution in [1.82, 2.24) is 5.32 Å². The van der Waals surface area contributed by atoms with Crippen molar-refractivity contribution in [2.75, 3.05) is 12.3 Å². The third-order valence-electron chi connectivity index (χ3n) is 2.48. The summed E-state index contributed by atoms with van der Waals surface area (Å²) in [6.45, 7) is 5.69. The zero-order valence-electron chi connectivity index (χ0n) is 11.0. The summed E-state index contributed by atoms with van der Waals surface area (Å²) in [5, 5.41) is 2.67. The molecule has 110 valence electrons. The van der Waals surface area contributed by atoms with Crippen molar-refractivity contribution in [1.29, 1.82) is 0 Å². The first-order valence-electron chi connectivity index (χ1n) is 5.48. The van der Waals surface area contributed by atoms with Crippen LogP contribution in [0.4, 0.5) is 0 Å². The molecule has 0 aliphatic heterocycles. The van der Waals surface area contributed by atoms with Crippen molar-refractivity contribution < 1.29 is 17.8 Å². The van der Waals surface area contributed by atoms with Gasteiger partial charge in [0, 0.05) is 13.0 Å². The van der Waals surface area contributed by atoms with E-state index >= 15 is 0 Å². The number of hydrogen-bond acceptors (Lipinski definition) is 4. The molecule has 0 radical (unpaired) electrons. The van der Waals surface area contributed by atoms with E-state index < -0.39 is 10.1 Å². The van der Waals surface area contributed by atoms with Gasteiger partial charge >= 0.3 is 0 Å². The molecule has 0 saturated carbocycles. The second-order valence-corrected chi connectivity index (χ2v) is 6.62. The summed E-state index contributed by atoms with van der Waals surface area (Å²) in [4.78, 5) is 11.0. The van der Waals surface area contributed by atoms with E-state index in [1.54, 1.807) is 0 Å². The van der Waals surface area contributed by atoms with Gasteiger partial charge in [-0.3, -0.25) is 9.35 Å². The molecule has 1 atom stereocenters. The fourth-order valence-electron chi connectivity index (χ4n) is 1.55. The van der Waals surface area contributed by atoms with Crippen LogP contribution in [0.25, 0.3) is 0 Å². The maximum atomic E-state index is 11.0. The van der Waals surface area contributed by atoms with E-state index in [0.29, 0.717) is 13.0 Å². The number of nitrogens with two attached hydrogens (primary N) is 1. The second kappa shape index (κ2) is 7.93. The zero-order valence-corrected chi connectivity index (χ0v) is 12.6. The third kappa shape index (κ3) is 10.8. The van der Waals surface area contributed by atoms with E-state index in [1.165, 1.54) is 6.92 Å². The maximum Gasteiger partial charge on any atom is 0.264 e. The summed E-state index contributed by atoms with van der Waals surface area (Å²) >= 11 is 0. The highest BCUT2D eigenvalue weighted by atomic mass is 35.5. The fourth-order valence-corrected chi connectivity index (χ4v) is 2.14. The second-order valence-electron chi connectivity index (χ2n) is 5.04. The fraction of sp³-hybridized carbons (Fsp3) is 0.900. The Hall–Kier alpha value is -0.370. The molecule has 0 aliphatic rings. The van der Waals surface area contributed by atoms with E-state index in [2.05, 4.69) is 5.32 Å². The topological polar surface area (TPSA) is 109 Å². The number of amides is 1. The molecule has 0 bridgehead atoms. The lowest BCUT2D eigenvalue weighted by Gasteiger charge is -2.28. The van der Waals surface area contributed by atoms with Crippen molar-refractivity contribution in [2.24, 2.45) is 11.1 Å². The highest BCUT2D eigenvalue weighted by Crippen LogP contribution is 2.22. The summed E-state index contributed by atoms with van der Waals surface area (Å²) in [6, 6.07) is -0.298. The van der Waals surface area contributed by atoms with Crippen LogP contribution in [0.15, 0.2) is 0 Å². The van der Waals surface area contributed by atoms with Gasteiger partial charge in [0.1, 0.15) is 0 Å². The van der Waals surface area contributed by atoms with Gasteiger partial charge in [0.05, 0.1) is 5.75 Å². The van der Waals surface area contributed by atoms with Crippen molar-refractivity contribution in [3.8, 4) is 0 Å². The quantitative estimate of drug-likeness (QED) is 0.595. The van der Waals surface area contributed by atoms with Gasteiger partial charge in [-0.05, 0) is 24.8 Å². The normalized spacial score (nSPS) is 13.6. The Labute approximate surface area is 115 Å². The van der Waals surface area contributed by atoms with E-state index in [4.69, 9.17) is 10.3 Å². The van der Waals surface area contributed by atoms with E-state index in [1.807, 2.05) is 13.8 Å². The molecule has 8 heteroatoms. The van der Waals surface area contributed by atoms with Gasteiger partial charge in [0.2, 0.25) is 5.91 Å². The molecular formula is C10H23ClN2O4S. The average Bonchev–Trinajstić information content (AvgIpc) is 2.12. The van der Waals surface area contributed by atoms with E-state index in [9.17, 15) is 13.2 Å². The number of hydrogen-bond donors (Lipinski definition) is 3. The third-order valence-corrected chi connectivity index (χ3v) is 3.23. The molecule has 18 heavy (non-hydrogen) atoms. The van der Waals surface area contributed by atoms with Crippen LogP contribution in [-0.2, 0) is 14.9 Å². The molecule has 0 aliphatic carbocycles. The summed E-state index contributed by atoms with van der Waals surface area (Å²) in [5.74, 6) is -0.586. The first-order chi connectivity index (χ1) is 7.56. The van der Waals surface area contributed by atoms with Crippen LogP contribution in [0.5, 0.6) is 0 Å². The highest BCUT2D eigenvalue weighted by Gasteiger charge is 2.23. The standard InChI is InChI=1S/C10H22N2O4S.ClH/c1-8(13)12-9(4-5-17(14,15)16)6-10(2,3)7-11;/h9H,4-7,11H2,1-3H3,(H,12,13)(H,14,15,16);1H. The van der Waals surface area contributed by atoms with Crippen LogP contribution >= 0.6 is 12.4 Å². The molecule has 0 aromatic heterocycles. The van der Waals surface area contributed by atoms with Gasteiger partial charge in [0.25, 0.3) is 10.1 Å². The molecule has 1 amide bonds. The van der Waals surface area contributed by atoms with Crippen LogP contribution in [0.3, 0.4) is 0 Å². The molecule has 0 heterocycles. The van der Waals surface area contributed by atoms with Crippen LogP contribution in [0, 0.1) is 5.41 Å². The lowest BCUT2D eigenvalue weighted by molar-refractivity contribution is -0.119. The van der Waals surface area contributed by atoms with E-state index in [0.717, 1.165) is 0 Å². The van der Waals surface area contributed by atoms with Crippen molar-refractivity contribution in [2.45, 2.75) is 39.7 Å². The van der Waals surface area contributed by atoms with Crippen LogP contribution in [-0.4, -0.2) is 37.2 Å². The van der Waals surface area contributed by atoms with Gasteiger partial charge in [0.15, 0.2) is 0 Å². The monoisotopic (exact) mass is 302 g/mol. The Morgan fingerprint density at radius 2 is 1.94 bits per heavy atom. The molecule has 1 unspecified atom stereocenters. The van der Waals surface area contributed by atoms with Gasteiger partial charge in [-0.15, -0.1) is 12.4 Å². The summed E-state index contributed by atoms with van der Waals surface area (Å²) in [7, 11) is -4.00. The number of nitrogens with one attached hydrogen (secondary N) is 1. The predicted octanol–water partition coefficient (Wildman–Crippen LogP) is 0.566. The Kier molecular flexibility index (Phi) is 8.80. The average molecular weight is 303 g/mol. The molecular weight excluding hydrogens is 280 g/mol. The molecule has 6 nitrogen and oxygen atoms in total. The first-order valence-corrected chi connectivity index (χ1v) is 7.09. The summed E-state index contributed by atoms with van der Waals surface area (Å²) in [6.07, 6.45) is 0.750.